The van der Waals surface area contributed by atoms with Crippen LogP contribution in [-0.4, -0.2) is 24.3 Å². The van der Waals surface area contributed by atoms with Gasteiger partial charge in [-0.3, -0.25) is 4.79 Å². The molecule has 0 spiro atoms. The summed E-state index contributed by atoms with van der Waals surface area (Å²) in [6.45, 7) is 2.34. The largest absolute Gasteiger partial charge is 0.481 e. The summed E-state index contributed by atoms with van der Waals surface area (Å²) in [6, 6.07) is 19.0. The molecule has 1 N–H and O–H groups in total. The molecule has 2 aromatic carbocycles. The van der Waals surface area contributed by atoms with Gasteiger partial charge in [0.2, 0.25) is 0 Å². The first-order chi connectivity index (χ1) is 11.7. The number of hydrogen-bond donors (Lipinski definition) is 1. The van der Waals surface area contributed by atoms with Crippen LogP contribution in [0, 0.1) is 11.3 Å². The van der Waals surface area contributed by atoms with Gasteiger partial charge in [-0.05, 0) is 55.5 Å². The standard InChI is InChI=1S/C19H20N2O2S/c1-15(23-17-10-8-16(14-20)9-11-17)19(22)21-12-5-13-24-18-6-3-2-4-7-18/h2-4,6-11,15H,5,12-13H2,1H3,(H,21,22). The maximum atomic E-state index is 12.0. The Hall–Kier alpha value is -2.45. The predicted molar refractivity (Wildman–Crippen MR) is 96.0 cm³/mol. The second kappa shape index (κ2) is 9.64. The molecule has 24 heavy (non-hydrogen) atoms. The SMILES string of the molecule is CC(Oc1ccc(C#N)cc1)C(=O)NCCCSc1ccccc1. The number of nitriles is 1. The van der Waals surface area contributed by atoms with Crippen molar-refractivity contribution in [3.05, 3.63) is 60.2 Å². The van der Waals surface area contributed by atoms with Gasteiger partial charge >= 0.3 is 0 Å². The van der Waals surface area contributed by atoms with Gasteiger partial charge in [0, 0.05) is 11.4 Å². The lowest BCUT2D eigenvalue weighted by atomic mass is 10.2. The van der Waals surface area contributed by atoms with Crippen LogP contribution in [0.25, 0.3) is 0 Å². The average molecular weight is 340 g/mol. The summed E-state index contributed by atoms with van der Waals surface area (Å²) < 4.78 is 5.58. The van der Waals surface area contributed by atoms with Crippen molar-refractivity contribution in [3.63, 3.8) is 0 Å². The molecule has 0 saturated heterocycles. The minimum Gasteiger partial charge on any atom is -0.481 e. The van der Waals surface area contributed by atoms with Crippen LogP contribution in [0.15, 0.2) is 59.5 Å². The van der Waals surface area contributed by atoms with Crippen molar-refractivity contribution in [2.45, 2.75) is 24.3 Å². The molecule has 1 amide bonds. The van der Waals surface area contributed by atoms with E-state index in [0.717, 1.165) is 12.2 Å². The molecule has 1 unspecified atom stereocenters. The number of benzene rings is 2. The van der Waals surface area contributed by atoms with E-state index in [1.807, 2.05) is 24.3 Å². The highest BCUT2D eigenvalue weighted by Gasteiger charge is 2.13. The third-order valence-electron chi connectivity index (χ3n) is 3.30. The molecular weight excluding hydrogens is 320 g/mol. The number of nitrogens with zero attached hydrogens (tertiary/aromatic N) is 1. The van der Waals surface area contributed by atoms with Crippen LogP contribution in [0.2, 0.25) is 0 Å². The summed E-state index contributed by atoms with van der Waals surface area (Å²) >= 11 is 1.78. The van der Waals surface area contributed by atoms with Crippen molar-refractivity contribution < 1.29 is 9.53 Å². The van der Waals surface area contributed by atoms with Gasteiger partial charge in [-0.25, -0.2) is 0 Å². The van der Waals surface area contributed by atoms with Gasteiger partial charge in [-0.1, -0.05) is 18.2 Å². The van der Waals surface area contributed by atoms with Gasteiger partial charge in [0.1, 0.15) is 5.75 Å². The van der Waals surface area contributed by atoms with Gasteiger partial charge in [0.15, 0.2) is 6.10 Å². The Balaban J connectivity index is 1.65. The van der Waals surface area contributed by atoms with Crippen molar-refractivity contribution in [2.24, 2.45) is 0 Å². The zero-order chi connectivity index (χ0) is 17.2. The highest BCUT2D eigenvalue weighted by atomic mass is 32.2. The molecule has 0 aliphatic rings. The molecule has 2 aromatic rings. The van der Waals surface area contributed by atoms with Gasteiger partial charge in [-0.2, -0.15) is 5.26 Å². The van der Waals surface area contributed by atoms with E-state index in [9.17, 15) is 4.79 Å². The first kappa shape index (κ1) is 17.9. The van der Waals surface area contributed by atoms with Crippen LogP contribution in [-0.2, 0) is 4.79 Å². The number of carbonyl (C=O) groups is 1. The number of thioether (sulfide) groups is 1. The minimum absolute atomic E-state index is 0.135. The highest BCUT2D eigenvalue weighted by Crippen LogP contribution is 2.17. The molecule has 0 saturated carbocycles. The van der Waals surface area contributed by atoms with Crippen LogP contribution in [0.5, 0.6) is 5.75 Å². The summed E-state index contributed by atoms with van der Waals surface area (Å²) in [4.78, 5) is 13.2. The Morgan fingerprint density at radius 2 is 1.92 bits per heavy atom. The zero-order valence-corrected chi connectivity index (χ0v) is 14.4. The third-order valence-corrected chi connectivity index (χ3v) is 4.40. The second-order valence-corrected chi connectivity index (χ2v) is 6.37. The molecule has 5 heteroatoms. The van der Waals surface area contributed by atoms with Crippen molar-refractivity contribution >= 4 is 17.7 Å². The Morgan fingerprint density at radius 3 is 2.58 bits per heavy atom. The maximum absolute atomic E-state index is 12.0. The fourth-order valence-electron chi connectivity index (χ4n) is 2.00. The van der Waals surface area contributed by atoms with Gasteiger partial charge in [-0.15, -0.1) is 11.8 Å². The highest BCUT2D eigenvalue weighted by molar-refractivity contribution is 7.99. The molecular formula is C19H20N2O2S. The molecule has 0 heterocycles. The second-order valence-electron chi connectivity index (χ2n) is 5.20. The fourth-order valence-corrected chi connectivity index (χ4v) is 2.87. The van der Waals surface area contributed by atoms with E-state index >= 15 is 0 Å². The number of hydrogen-bond acceptors (Lipinski definition) is 4. The minimum atomic E-state index is -0.570. The molecule has 124 valence electrons. The number of ether oxygens (including phenoxy) is 1. The van der Waals surface area contributed by atoms with Crippen molar-refractivity contribution in [2.75, 3.05) is 12.3 Å². The van der Waals surface area contributed by atoms with E-state index < -0.39 is 6.10 Å². The quantitative estimate of drug-likeness (QED) is 0.589. The lowest BCUT2D eigenvalue weighted by Crippen LogP contribution is -2.36. The number of rotatable bonds is 8. The van der Waals surface area contributed by atoms with Crippen LogP contribution in [0.4, 0.5) is 0 Å². The third kappa shape index (κ3) is 5.98. The molecule has 0 aromatic heterocycles. The van der Waals surface area contributed by atoms with Gasteiger partial charge < -0.3 is 10.1 Å². The van der Waals surface area contributed by atoms with Crippen molar-refractivity contribution in [3.8, 4) is 11.8 Å². The fraction of sp³-hybridized carbons (Fsp3) is 0.263. The predicted octanol–water partition coefficient (Wildman–Crippen LogP) is 3.62. The van der Waals surface area contributed by atoms with Crippen molar-refractivity contribution in [1.82, 2.24) is 5.32 Å². The summed E-state index contributed by atoms with van der Waals surface area (Å²) in [7, 11) is 0. The number of nitrogens with one attached hydrogen (secondary N) is 1. The maximum Gasteiger partial charge on any atom is 0.260 e. The number of amides is 1. The average Bonchev–Trinajstić information content (AvgIpc) is 2.62. The summed E-state index contributed by atoms with van der Waals surface area (Å²) in [5.41, 5.74) is 0.565. The molecule has 2 rings (SSSR count). The summed E-state index contributed by atoms with van der Waals surface area (Å²) in [6.07, 6.45) is 0.328. The van der Waals surface area contributed by atoms with Gasteiger partial charge in [0.25, 0.3) is 5.91 Å². The Morgan fingerprint density at radius 1 is 1.21 bits per heavy atom. The van der Waals surface area contributed by atoms with E-state index in [1.165, 1.54) is 4.90 Å². The first-order valence-corrected chi connectivity index (χ1v) is 8.80. The molecule has 0 aliphatic heterocycles. The Bertz CT molecular complexity index is 681. The lowest BCUT2D eigenvalue weighted by molar-refractivity contribution is -0.127. The van der Waals surface area contributed by atoms with Crippen molar-refractivity contribution in [1.29, 1.82) is 5.26 Å². The van der Waals surface area contributed by atoms with Crippen LogP contribution < -0.4 is 10.1 Å². The topological polar surface area (TPSA) is 62.1 Å². The van der Waals surface area contributed by atoms with Crippen LogP contribution >= 0.6 is 11.8 Å². The van der Waals surface area contributed by atoms with E-state index in [4.69, 9.17) is 10.00 Å². The lowest BCUT2D eigenvalue weighted by Gasteiger charge is -2.14. The first-order valence-electron chi connectivity index (χ1n) is 7.81. The van der Waals surface area contributed by atoms with E-state index in [-0.39, 0.29) is 5.91 Å². The molecule has 4 nitrogen and oxygen atoms in total. The molecule has 1 atom stereocenters. The van der Waals surface area contributed by atoms with Crippen LogP contribution in [0.3, 0.4) is 0 Å². The van der Waals surface area contributed by atoms with E-state index in [2.05, 4.69) is 17.4 Å². The van der Waals surface area contributed by atoms with E-state index in [0.29, 0.717) is 17.9 Å². The number of carbonyl (C=O) groups excluding carboxylic acids is 1. The summed E-state index contributed by atoms with van der Waals surface area (Å²) in [5.74, 6) is 1.40. The normalized spacial score (nSPS) is 11.3. The van der Waals surface area contributed by atoms with E-state index in [1.54, 1.807) is 43.0 Å². The molecule has 0 radical (unpaired) electrons. The Labute approximate surface area is 146 Å². The van der Waals surface area contributed by atoms with Gasteiger partial charge in [0.05, 0.1) is 11.6 Å². The molecule has 0 aliphatic carbocycles. The zero-order valence-electron chi connectivity index (χ0n) is 13.6. The summed E-state index contributed by atoms with van der Waals surface area (Å²) in [5, 5.41) is 11.6. The molecule has 0 fully saturated rings. The molecule has 0 bridgehead atoms. The van der Waals surface area contributed by atoms with Crippen LogP contribution in [0.1, 0.15) is 18.9 Å². The Kier molecular flexibility index (Phi) is 7.19. The smallest absolute Gasteiger partial charge is 0.260 e. The monoisotopic (exact) mass is 340 g/mol.